The first-order chi connectivity index (χ1) is 8.26. The Morgan fingerprint density at radius 3 is 2.71 bits per heavy atom. The van der Waals surface area contributed by atoms with E-state index in [1.807, 2.05) is 0 Å². The molecule has 5 nitrogen and oxygen atoms in total. The van der Waals surface area contributed by atoms with Gasteiger partial charge in [0.15, 0.2) is 0 Å². The van der Waals surface area contributed by atoms with Gasteiger partial charge in [0.05, 0.1) is 6.04 Å². The molecule has 0 aromatic heterocycles. The maximum Gasteiger partial charge on any atom is 0.206 e. The lowest BCUT2D eigenvalue weighted by Gasteiger charge is -2.21. The third kappa shape index (κ3) is 5.89. The Morgan fingerprint density at radius 1 is 1.41 bits per heavy atom. The first-order valence-electron chi connectivity index (χ1n) is 6.56. The van der Waals surface area contributed by atoms with Crippen LogP contribution in [0.3, 0.4) is 0 Å². The Balaban J connectivity index is 2.37. The molecule has 1 aliphatic carbocycles. The van der Waals surface area contributed by atoms with Gasteiger partial charge in [-0.2, -0.15) is 0 Å². The Hall–Kier alpha value is -0.810. The summed E-state index contributed by atoms with van der Waals surface area (Å²) in [6, 6.07) is 0.741. The van der Waals surface area contributed by atoms with E-state index < -0.39 is 0 Å². The molecule has 5 heteroatoms. The van der Waals surface area contributed by atoms with E-state index in [4.69, 9.17) is 10.6 Å². The van der Waals surface area contributed by atoms with Gasteiger partial charge >= 0.3 is 0 Å². The van der Waals surface area contributed by atoms with Crippen molar-refractivity contribution >= 4 is 5.96 Å². The summed E-state index contributed by atoms with van der Waals surface area (Å²) in [6.07, 6.45) is 7.21. The molecule has 0 aromatic rings. The van der Waals surface area contributed by atoms with Crippen LogP contribution in [0.5, 0.6) is 0 Å². The van der Waals surface area contributed by atoms with Crippen molar-refractivity contribution in [2.24, 2.45) is 10.8 Å². The number of nitrogens with zero attached hydrogens (tertiary/aromatic N) is 1. The van der Waals surface area contributed by atoms with Gasteiger partial charge in [-0.1, -0.05) is 19.3 Å². The monoisotopic (exact) mass is 242 g/mol. The van der Waals surface area contributed by atoms with Crippen molar-refractivity contribution in [1.29, 1.82) is 0 Å². The van der Waals surface area contributed by atoms with Crippen molar-refractivity contribution in [3.8, 4) is 0 Å². The third-order valence-electron chi connectivity index (χ3n) is 3.16. The van der Waals surface area contributed by atoms with E-state index in [2.05, 4.69) is 22.7 Å². The highest BCUT2D eigenvalue weighted by molar-refractivity contribution is 5.79. The van der Waals surface area contributed by atoms with Crippen LogP contribution < -0.4 is 16.6 Å². The standard InChI is InChI=1S/C12H26N4O/c1-10(8-9-17-2)14-12(16-13)15-11-6-4-3-5-7-11/h10-11H,3-9,13H2,1-2H3,(H2,14,15,16). The van der Waals surface area contributed by atoms with Crippen LogP contribution in [0.25, 0.3) is 0 Å². The zero-order valence-electron chi connectivity index (χ0n) is 11.0. The Kier molecular flexibility index (Phi) is 6.96. The second-order valence-corrected chi connectivity index (χ2v) is 4.74. The number of rotatable bonds is 5. The van der Waals surface area contributed by atoms with Crippen LogP contribution in [0.1, 0.15) is 45.4 Å². The van der Waals surface area contributed by atoms with Crippen molar-refractivity contribution in [3.63, 3.8) is 0 Å². The van der Waals surface area contributed by atoms with Gasteiger partial charge in [-0.25, -0.2) is 10.8 Å². The summed E-state index contributed by atoms with van der Waals surface area (Å²) in [5.41, 5.74) is 2.65. The first-order valence-corrected chi connectivity index (χ1v) is 6.56. The zero-order chi connectivity index (χ0) is 12.5. The summed E-state index contributed by atoms with van der Waals surface area (Å²) >= 11 is 0. The summed E-state index contributed by atoms with van der Waals surface area (Å²) in [5.74, 6) is 6.20. The number of hydrazine groups is 1. The molecule has 1 atom stereocenters. The van der Waals surface area contributed by atoms with Gasteiger partial charge in [-0.3, -0.25) is 5.43 Å². The second kappa shape index (κ2) is 8.31. The van der Waals surface area contributed by atoms with Crippen molar-refractivity contribution in [2.45, 2.75) is 57.5 Å². The molecule has 100 valence electrons. The molecule has 0 aliphatic heterocycles. The number of hydrogen-bond acceptors (Lipinski definition) is 3. The lowest BCUT2D eigenvalue weighted by molar-refractivity contribution is 0.187. The van der Waals surface area contributed by atoms with Crippen LogP contribution >= 0.6 is 0 Å². The minimum absolute atomic E-state index is 0.313. The Bertz CT molecular complexity index is 227. The van der Waals surface area contributed by atoms with Crippen LogP contribution in [0.4, 0.5) is 0 Å². The normalized spacial score (nSPS) is 20.1. The molecule has 0 aromatic carbocycles. The highest BCUT2D eigenvalue weighted by Gasteiger charge is 2.13. The van der Waals surface area contributed by atoms with Crippen LogP contribution in [0.2, 0.25) is 0 Å². The molecule has 0 heterocycles. The fourth-order valence-corrected chi connectivity index (χ4v) is 2.11. The largest absolute Gasteiger partial charge is 0.385 e. The first kappa shape index (κ1) is 14.3. The number of methoxy groups -OCH3 is 1. The number of hydrogen-bond donors (Lipinski definition) is 3. The predicted molar refractivity (Wildman–Crippen MR) is 70.7 cm³/mol. The van der Waals surface area contributed by atoms with Gasteiger partial charge in [-0.15, -0.1) is 0 Å². The molecule has 0 spiro atoms. The SMILES string of the molecule is COCCC(C)NC(=NC1CCCCC1)NN. The van der Waals surface area contributed by atoms with Crippen LogP contribution in [0.15, 0.2) is 4.99 Å². The molecule has 1 unspecified atom stereocenters. The average Bonchev–Trinajstić information content (AvgIpc) is 2.36. The number of guanidine groups is 1. The minimum atomic E-state index is 0.313. The van der Waals surface area contributed by atoms with Gasteiger partial charge in [-0.05, 0) is 26.2 Å². The fourth-order valence-electron chi connectivity index (χ4n) is 2.11. The molecular formula is C12H26N4O. The molecule has 1 rings (SSSR count). The molecule has 0 amide bonds. The van der Waals surface area contributed by atoms with E-state index >= 15 is 0 Å². The smallest absolute Gasteiger partial charge is 0.206 e. The fraction of sp³-hybridized carbons (Fsp3) is 0.917. The summed E-state index contributed by atoms with van der Waals surface area (Å²) in [5, 5.41) is 3.28. The number of nitrogens with one attached hydrogen (secondary N) is 2. The summed E-state index contributed by atoms with van der Waals surface area (Å²) in [7, 11) is 1.71. The quantitative estimate of drug-likeness (QED) is 0.293. The highest BCUT2D eigenvalue weighted by atomic mass is 16.5. The Morgan fingerprint density at radius 2 is 2.12 bits per heavy atom. The van der Waals surface area contributed by atoms with E-state index in [-0.39, 0.29) is 0 Å². The summed E-state index contributed by atoms with van der Waals surface area (Å²) in [6.45, 7) is 2.85. The molecule has 0 bridgehead atoms. The average molecular weight is 242 g/mol. The lowest BCUT2D eigenvalue weighted by Crippen LogP contribution is -2.46. The molecule has 1 saturated carbocycles. The maximum absolute atomic E-state index is 5.49. The van der Waals surface area contributed by atoms with Crippen molar-refractivity contribution in [2.75, 3.05) is 13.7 Å². The number of ether oxygens (including phenoxy) is 1. The zero-order valence-corrected chi connectivity index (χ0v) is 11.0. The predicted octanol–water partition coefficient (Wildman–Crippen LogP) is 1.15. The van der Waals surface area contributed by atoms with Gasteiger partial charge in [0.1, 0.15) is 0 Å². The molecule has 4 N–H and O–H groups in total. The Labute approximate surface area is 104 Å². The van der Waals surface area contributed by atoms with Gasteiger partial charge in [0.2, 0.25) is 5.96 Å². The summed E-state index contributed by atoms with van der Waals surface area (Å²) in [4.78, 5) is 4.63. The molecular weight excluding hydrogens is 216 g/mol. The molecule has 17 heavy (non-hydrogen) atoms. The van der Waals surface area contributed by atoms with E-state index in [0.717, 1.165) is 13.0 Å². The maximum atomic E-state index is 5.49. The highest BCUT2D eigenvalue weighted by Crippen LogP contribution is 2.20. The van der Waals surface area contributed by atoms with Gasteiger partial charge in [0.25, 0.3) is 0 Å². The minimum Gasteiger partial charge on any atom is -0.385 e. The molecule has 0 saturated heterocycles. The molecule has 1 fully saturated rings. The lowest BCUT2D eigenvalue weighted by atomic mass is 9.96. The van der Waals surface area contributed by atoms with Gasteiger partial charge < -0.3 is 10.1 Å². The molecule has 0 radical (unpaired) electrons. The summed E-state index contributed by atoms with van der Waals surface area (Å²) < 4.78 is 5.05. The van der Waals surface area contributed by atoms with E-state index in [9.17, 15) is 0 Å². The van der Waals surface area contributed by atoms with Crippen LogP contribution in [0, 0.1) is 0 Å². The number of aliphatic imine (C=N–C) groups is 1. The van der Waals surface area contributed by atoms with Crippen molar-refractivity contribution in [3.05, 3.63) is 0 Å². The van der Waals surface area contributed by atoms with E-state index in [1.54, 1.807) is 7.11 Å². The van der Waals surface area contributed by atoms with Gasteiger partial charge in [0, 0.05) is 19.8 Å². The molecule has 1 aliphatic rings. The van der Waals surface area contributed by atoms with Crippen LogP contribution in [-0.2, 0) is 4.74 Å². The van der Waals surface area contributed by atoms with E-state index in [1.165, 1.54) is 32.1 Å². The van der Waals surface area contributed by atoms with Crippen molar-refractivity contribution in [1.82, 2.24) is 10.7 Å². The topological polar surface area (TPSA) is 71.7 Å². The third-order valence-corrected chi connectivity index (χ3v) is 3.16. The number of nitrogens with two attached hydrogens (primary N) is 1. The van der Waals surface area contributed by atoms with E-state index in [0.29, 0.717) is 18.0 Å². The van der Waals surface area contributed by atoms with Crippen molar-refractivity contribution < 1.29 is 4.74 Å². The second-order valence-electron chi connectivity index (χ2n) is 4.74. The van der Waals surface area contributed by atoms with Crippen LogP contribution in [-0.4, -0.2) is 31.8 Å².